The number of aliphatic imine (C=N–C) groups is 1. The lowest BCUT2D eigenvalue weighted by Crippen LogP contribution is -2.44. The first-order chi connectivity index (χ1) is 9.17. The van der Waals surface area contributed by atoms with Crippen molar-refractivity contribution < 1.29 is 0 Å². The summed E-state index contributed by atoms with van der Waals surface area (Å²) in [6.45, 7) is 13.0. The molecule has 2 N–H and O–H groups in total. The second-order valence-electron chi connectivity index (χ2n) is 5.26. The van der Waals surface area contributed by atoms with Crippen LogP contribution in [-0.4, -0.2) is 80.1 Å². The molecule has 0 atom stereocenters. The summed E-state index contributed by atoms with van der Waals surface area (Å²) in [4.78, 5) is 11.5. The van der Waals surface area contributed by atoms with Gasteiger partial charge in [0.1, 0.15) is 0 Å². The Balaban J connectivity index is 2.09. The van der Waals surface area contributed by atoms with E-state index in [-0.39, 0.29) is 0 Å². The third-order valence-electron chi connectivity index (χ3n) is 3.84. The second-order valence-corrected chi connectivity index (χ2v) is 5.26. The average molecular weight is 269 g/mol. The standard InChI is InChI=1S/C14H31N5/c1-4-19(5-2)14(15)16-8-6-7-9-18-12-10-17(3)11-13-18/h4-13H2,1-3H3,(H2,15,16). The minimum Gasteiger partial charge on any atom is -0.370 e. The van der Waals surface area contributed by atoms with E-state index in [0.717, 1.165) is 26.1 Å². The molecule has 0 aliphatic carbocycles. The quantitative estimate of drug-likeness (QED) is 0.419. The highest BCUT2D eigenvalue weighted by Crippen LogP contribution is 2.02. The number of hydrogen-bond donors (Lipinski definition) is 1. The van der Waals surface area contributed by atoms with Crippen molar-refractivity contribution in [3.8, 4) is 0 Å². The second kappa shape index (κ2) is 9.15. The maximum absolute atomic E-state index is 5.94. The van der Waals surface area contributed by atoms with Crippen LogP contribution in [0.25, 0.3) is 0 Å². The fourth-order valence-corrected chi connectivity index (χ4v) is 2.36. The zero-order chi connectivity index (χ0) is 14.1. The molecule has 1 heterocycles. The molecule has 0 aromatic rings. The van der Waals surface area contributed by atoms with E-state index in [1.54, 1.807) is 0 Å². The molecule has 0 spiro atoms. The van der Waals surface area contributed by atoms with Crippen molar-refractivity contribution in [2.24, 2.45) is 10.7 Å². The van der Waals surface area contributed by atoms with Crippen molar-refractivity contribution in [2.75, 3.05) is 59.4 Å². The number of rotatable bonds is 7. The third-order valence-corrected chi connectivity index (χ3v) is 3.84. The van der Waals surface area contributed by atoms with Gasteiger partial charge < -0.3 is 20.4 Å². The normalized spacial score (nSPS) is 18.8. The van der Waals surface area contributed by atoms with E-state index >= 15 is 0 Å². The first-order valence-corrected chi connectivity index (χ1v) is 7.63. The van der Waals surface area contributed by atoms with Gasteiger partial charge in [-0.3, -0.25) is 4.99 Å². The van der Waals surface area contributed by atoms with Gasteiger partial charge in [-0.25, -0.2) is 0 Å². The zero-order valence-corrected chi connectivity index (χ0v) is 12.9. The minimum atomic E-state index is 0.699. The monoisotopic (exact) mass is 269 g/mol. The summed E-state index contributed by atoms with van der Waals surface area (Å²) >= 11 is 0. The lowest BCUT2D eigenvalue weighted by molar-refractivity contribution is 0.152. The van der Waals surface area contributed by atoms with Gasteiger partial charge in [-0.2, -0.15) is 0 Å². The van der Waals surface area contributed by atoms with Gasteiger partial charge >= 0.3 is 0 Å². The summed E-state index contributed by atoms with van der Waals surface area (Å²) in [5, 5.41) is 0. The van der Waals surface area contributed by atoms with Crippen LogP contribution in [-0.2, 0) is 0 Å². The molecule has 5 heteroatoms. The van der Waals surface area contributed by atoms with Crippen LogP contribution in [0.3, 0.4) is 0 Å². The van der Waals surface area contributed by atoms with Crippen LogP contribution in [0.4, 0.5) is 0 Å². The van der Waals surface area contributed by atoms with Crippen LogP contribution in [0.2, 0.25) is 0 Å². The summed E-state index contributed by atoms with van der Waals surface area (Å²) in [6.07, 6.45) is 2.35. The van der Waals surface area contributed by atoms with Gasteiger partial charge in [0.05, 0.1) is 0 Å². The Hall–Kier alpha value is -0.810. The van der Waals surface area contributed by atoms with E-state index in [9.17, 15) is 0 Å². The number of likely N-dealkylation sites (N-methyl/N-ethyl adjacent to an activating group) is 1. The highest BCUT2D eigenvalue weighted by molar-refractivity contribution is 5.77. The number of piperazine rings is 1. The number of guanidine groups is 1. The van der Waals surface area contributed by atoms with Crippen LogP contribution in [0.5, 0.6) is 0 Å². The van der Waals surface area contributed by atoms with Crippen molar-refractivity contribution in [1.29, 1.82) is 0 Å². The average Bonchev–Trinajstić information content (AvgIpc) is 2.42. The van der Waals surface area contributed by atoms with E-state index in [2.05, 4.69) is 40.6 Å². The fraction of sp³-hybridized carbons (Fsp3) is 0.929. The number of nitrogens with zero attached hydrogens (tertiary/aromatic N) is 4. The van der Waals surface area contributed by atoms with Crippen molar-refractivity contribution in [2.45, 2.75) is 26.7 Å². The van der Waals surface area contributed by atoms with Crippen LogP contribution in [0.15, 0.2) is 4.99 Å². The third kappa shape index (κ3) is 6.25. The Morgan fingerprint density at radius 2 is 1.74 bits per heavy atom. The van der Waals surface area contributed by atoms with E-state index in [0.29, 0.717) is 5.96 Å². The molecule has 0 aromatic carbocycles. The summed E-state index contributed by atoms with van der Waals surface area (Å²) in [6, 6.07) is 0. The summed E-state index contributed by atoms with van der Waals surface area (Å²) in [5.74, 6) is 0.699. The highest BCUT2D eigenvalue weighted by atomic mass is 15.2. The van der Waals surface area contributed by atoms with Gasteiger partial charge in [0.2, 0.25) is 0 Å². The van der Waals surface area contributed by atoms with Crippen molar-refractivity contribution in [3.05, 3.63) is 0 Å². The van der Waals surface area contributed by atoms with Crippen LogP contribution in [0, 0.1) is 0 Å². The van der Waals surface area contributed by atoms with Gasteiger partial charge in [-0.05, 0) is 40.3 Å². The summed E-state index contributed by atoms with van der Waals surface area (Å²) < 4.78 is 0. The minimum absolute atomic E-state index is 0.699. The van der Waals surface area contributed by atoms with Crippen LogP contribution in [0.1, 0.15) is 26.7 Å². The van der Waals surface area contributed by atoms with E-state index in [1.165, 1.54) is 39.1 Å². The van der Waals surface area contributed by atoms with Gasteiger partial charge in [0.25, 0.3) is 0 Å². The zero-order valence-electron chi connectivity index (χ0n) is 12.9. The molecule has 1 rings (SSSR count). The van der Waals surface area contributed by atoms with Gasteiger partial charge in [-0.1, -0.05) is 0 Å². The Morgan fingerprint density at radius 3 is 2.32 bits per heavy atom. The lowest BCUT2D eigenvalue weighted by atomic mass is 10.2. The first-order valence-electron chi connectivity index (χ1n) is 7.63. The van der Waals surface area contributed by atoms with Gasteiger partial charge in [-0.15, -0.1) is 0 Å². The smallest absolute Gasteiger partial charge is 0.191 e. The Kier molecular flexibility index (Phi) is 7.82. The fourth-order valence-electron chi connectivity index (χ4n) is 2.36. The predicted molar refractivity (Wildman–Crippen MR) is 82.6 cm³/mol. The first kappa shape index (κ1) is 16.2. The van der Waals surface area contributed by atoms with Crippen molar-refractivity contribution in [3.63, 3.8) is 0 Å². The SMILES string of the molecule is CCN(CC)C(N)=NCCCCN1CCN(C)CC1. The molecule has 1 fully saturated rings. The molecule has 1 aliphatic heterocycles. The lowest BCUT2D eigenvalue weighted by Gasteiger charge is -2.32. The van der Waals surface area contributed by atoms with E-state index < -0.39 is 0 Å². The van der Waals surface area contributed by atoms with Gasteiger partial charge in [0, 0.05) is 45.8 Å². The molecule has 0 unspecified atom stereocenters. The summed E-state index contributed by atoms with van der Waals surface area (Å²) in [5.41, 5.74) is 5.94. The number of unbranched alkanes of at least 4 members (excludes halogenated alkanes) is 1. The molecule has 19 heavy (non-hydrogen) atoms. The molecular weight excluding hydrogens is 238 g/mol. The largest absolute Gasteiger partial charge is 0.370 e. The maximum Gasteiger partial charge on any atom is 0.191 e. The molecule has 0 aromatic heterocycles. The highest BCUT2D eigenvalue weighted by Gasteiger charge is 2.12. The molecule has 1 saturated heterocycles. The molecular formula is C14H31N5. The molecule has 5 nitrogen and oxygen atoms in total. The maximum atomic E-state index is 5.94. The Morgan fingerprint density at radius 1 is 1.11 bits per heavy atom. The molecule has 0 amide bonds. The molecule has 1 aliphatic rings. The van der Waals surface area contributed by atoms with E-state index in [1.807, 2.05) is 0 Å². The predicted octanol–water partition coefficient (Wildman–Crippen LogP) is 0.671. The van der Waals surface area contributed by atoms with Crippen LogP contribution < -0.4 is 5.73 Å². The number of hydrogen-bond acceptors (Lipinski definition) is 3. The van der Waals surface area contributed by atoms with Crippen molar-refractivity contribution >= 4 is 5.96 Å². The Bertz CT molecular complexity index is 255. The Labute approximate surface area is 118 Å². The molecule has 0 bridgehead atoms. The summed E-state index contributed by atoms with van der Waals surface area (Å²) in [7, 11) is 2.20. The molecule has 0 saturated carbocycles. The molecule has 0 radical (unpaired) electrons. The molecule has 112 valence electrons. The topological polar surface area (TPSA) is 48.1 Å². The van der Waals surface area contributed by atoms with Gasteiger partial charge in [0.15, 0.2) is 5.96 Å². The van der Waals surface area contributed by atoms with Crippen molar-refractivity contribution in [1.82, 2.24) is 14.7 Å². The number of nitrogens with two attached hydrogens (primary N) is 1. The van der Waals surface area contributed by atoms with Crippen LogP contribution >= 0.6 is 0 Å². The van der Waals surface area contributed by atoms with E-state index in [4.69, 9.17) is 5.73 Å².